The Balaban J connectivity index is 1.70. The number of nitrogens with zero attached hydrogens (tertiary/aromatic N) is 2. The number of carbonyl (C=O) groups excluding carboxylic acids is 3. The Labute approximate surface area is 135 Å². The molecule has 0 aliphatic carbocycles. The highest BCUT2D eigenvalue weighted by Gasteiger charge is 2.46. The van der Waals surface area contributed by atoms with E-state index in [1.54, 1.807) is 23.1 Å². The Morgan fingerprint density at radius 2 is 1.87 bits per heavy atom. The van der Waals surface area contributed by atoms with Crippen molar-refractivity contribution < 1.29 is 14.4 Å². The van der Waals surface area contributed by atoms with Crippen molar-refractivity contribution in [2.45, 2.75) is 33.2 Å². The van der Waals surface area contributed by atoms with E-state index in [0.29, 0.717) is 30.8 Å². The molecule has 3 rings (SSSR count). The highest BCUT2D eigenvalue weighted by Crippen LogP contribution is 2.32. The third kappa shape index (κ3) is 2.58. The number of hydrogen-bond acceptors (Lipinski definition) is 4. The topological polar surface area (TPSA) is 83.7 Å². The first-order valence-corrected chi connectivity index (χ1v) is 7.73. The molecule has 1 aromatic rings. The number of benzene rings is 1. The number of nitrogens with two attached hydrogens (primary N) is 1. The molecule has 1 saturated heterocycles. The fourth-order valence-corrected chi connectivity index (χ4v) is 3.05. The summed E-state index contributed by atoms with van der Waals surface area (Å²) in [5, 5.41) is 0. The monoisotopic (exact) mass is 315 g/mol. The first kappa shape index (κ1) is 15.5. The minimum atomic E-state index is -0.351. The van der Waals surface area contributed by atoms with Gasteiger partial charge in [0.1, 0.15) is 0 Å². The van der Waals surface area contributed by atoms with Crippen molar-refractivity contribution in [1.82, 2.24) is 9.80 Å². The predicted octanol–water partition coefficient (Wildman–Crippen LogP) is 1.51. The van der Waals surface area contributed by atoms with Gasteiger partial charge in [0.2, 0.25) is 5.91 Å². The van der Waals surface area contributed by atoms with Crippen molar-refractivity contribution in [2.24, 2.45) is 5.41 Å². The van der Waals surface area contributed by atoms with Gasteiger partial charge in [0.15, 0.2) is 0 Å². The second-order valence-corrected chi connectivity index (χ2v) is 7.44. The molecule has 0 bridgehead atoms. The van der Waals surface area contributed by atoms with Gasteiger partial charge < -0.3 is 10.6 Å². The minimum absolute atomic E-state index is 0.0601. The Kier molecular flexibility index (Phi) is 3.43. The summed E-state index contributed by atoms with van der Waals surface area (Å²) in [4.78, 5) is 40.0. The zero-order chi connectivity index (χ0) is 16.9. The second kappa shape index (κ2) is 5.08. The molecule has 0 spiro atoms. The fraction of sp³-hybridized carbons (Fsp3) is 0.471. The number of nitrogen functional groups attached to an aromatic ring is 1. The van der Waals surface area contributed by atoms with E-state index in [-0.39, 0.29) is 34.7 Å². The molecule has 3 amide bonds. The molecule has 0 aromatic heterocycles. The van der Waals surface area contributed by atoms with Crippen LogP contribution in [0.5, 0.6) is 0 Å². The molecular formula is C17H21N3O3. The van der Waals surface area contributed by atoms with Crippen LogP contribution in [-0.2, 0) is 4.79 Å². The maximum absolute atomic E-state index is 12.5. The number of anilines is 1. The SMILES string of the molecule is CC(C)(C)CC(=O)N1CC(N2C(=O)c3cccc(N)c3C2=O)C1. The zero-order valence-electron chi connectivity index (χ0n) is 13.6. The van der Waals surface area contributed by atoms with Gasteiger partial charge in [-0.1, -0.05) is 26.8 Å². The number of imide groups is 1. The second-order valence-electron chi connectivity index (χ2n) is 7.44. The van der Waals surface area contributed by atoms with Gasteiger partial charge in [-0.25, -0.2) is 0 Å². The van der Waals surface area contributed by atoms with E-state index in [4.69, 9.17) is 5.73 Å². The van der Waals surface area contributed by atoms with Gasteiger partial charge in [-0.3, -0.25) is 19.3 Å². The molecule has 23 heavy (non-hydrogen) atoms. The molecule has 0 unspecified atom stereocenters. The normalized spacial score (nSPS) is 18.2. The molecule has 2 heterocycles. The molecule has 6 heteroatoms. The third-order valence-electron chi connectivity index (χ3n) is 4.24. The third-order valence-corrected chi connectivity index (χ3v) is 4.24. The number of rotatable bonds is 2. The van der Waals surface area contributed by atoms with Crippen LogP contribution >= 0.6 is 0 Å². The highest BCUT2D eigenvalue weighted by atomic mass is 16.2. The lowest BCUT2D eigenvalue weighted by molar-refractivity contribution is -0.139. The Hall–Kier alpha value is -2.37. The Bertz CT molecular complexity index is 700. The van der Waals surface area contributed by atoms with Crippen LogP contribution in [0.1, 0.15) is 47.9 Å². The fourth-order valence-electron chi connectivity index (χ4n) is 3.05. The lowest BCUT2D eigenvalue weighted by Crippen LogP contribution is -2.62. The molecule has 1 aromatic carbocycles. The summed E-state index contributed by atoms with van der Waals surface area (Å²) in [6.45, 7) is 6.83. The van der Waals surface area contributed by atoms with Crippen LogP contribution in [0.4, 0.5) is 5.69 Å². The number of amides is 3. The molecule has 2 N–H and O–H groups in total. The lowest BCUT2D eigenvalue weighted by Gasteiger charge is -2.43. The van der Waals surface area contributed by atoms with Gasteiger partial charge in [0.05, 0.1) is 17.2 Å². The molecule has 1 fully saturated rings. The average molecular weight is 315 g/mol. The molecule has 2 aliphatic heterocycles. The first-order valence-electron chi connectivity index (χ1n) is 7.73. The highest BCUT2D eigenvalue weighted by molar-refractivity contribution is 6.23. The molecule has 0 atom stereocenters. The van der Waals surface area contributed by atoms with Crippen LogP contribution in [0, 0.1) is 5.41 Å². The molecule has 2 aliphatic rings. The average Bonchev–Trinajstić information content (AvgIpc) is 2.61. The van der Waals surface area contributed by atoms with Crippen LogP contribution in [-0.4, -0.2) is 46.7 Å². The van der Waals surface area contributed by atoms with Gasteiger partial charge >= 0.3 is 0 Å². The van der Waals surface area contributed by atoms with Crippen LogP contribution in [0.2, 0.25) is 0 Å². The van der Waals surface area contributed by atoms with Crippen molar-refractivity contribution >= 4 is 23.4 Å². The van der Waals surface area contributed by atoms with Crippen LogP contribution in [0.3, 0.4) is 0 Å². The summed E-state index contributed by atoms with van der Waals surface area (Å²) < 4.78 is 0. The number of carbonyl (C=O) groups is 3. The largest absolute Gasteiger partial charge is 0.398 e. The number of fused-ring (bicyclic) bond motifs is 1. The van der Waals surface area contributed by atoms with Gasteiger partial charge in [-0.2, -0.15) is 0 Å². The van der Waals surface area contributed by atoms with Crippen molar-refractivity contribution in [2.75, 3.05) is 18.8 Å². The quantitative estimate of drug-likeness (QED) is 0.662. The zero-order valence-corrected chi connectivity index (χ0v) is 13.6. The van der Waals surface area contributed by atoms with Crippen molar-refractivity contribution in [3.63, 3.8) is 0 Å². The van der Waals surface area contributed by atoms with E-state index in [0.717, 1.165) is 0 Å². The van der Waals surface area contributed by atoms with Crippen LogP contribution < -0.4 is 5.73 Å². The maximum Gasteiger partial charge on any atom is 0.264 e. The smallest absolute Gasteiger partial charge is 0.264 e. The van der Waals surface area contributed by atoms with E-state index in [9.17, 15) is 14.4 Å². The van der Waals surface area contributed by atoms with Crippen molar-refractivity contribution in [1.29, 1.82) is 0 Å². The summed E-state index contributed by atoms with van der Waals surface area (Å²) in [5.74, 6) is -0.605. The summed E-state index contributed by atoms with van der Waals surface area (Å²) in [5.41, 5.74) is 6.72. The first-order chi connectivity index (χ1) is 10.7. The summed E-state index contributed by atoms with van der Waals surface area (Å²) in [7, 11) is 0. The molecular weight excluding hydrogens is 294 g/mol. The molecule has 122 valence electrons. The van der Waals surface area contributed by atoms with Gasteiger partial charge in [0.25, 0.3) is 11.8 Å². The van der Waals surface area contributed by atoms with Gasteiger partial charge in [-0.05, 0) is 17.5 Å². The van der Waals surface area contributed by atoms with E-state index >= 15 is 0 Å². The van der Waals surface area contributed by atoms with Crippen LogP contribution in [0.25, 0.3) is 0 Å². The van der Waals surface area contributed by atoms with E-state index < -0.39 is 0 Å². The standard InChI is InChI=1S/C17H21N3O3/c1-17(2,3)7-13(21)19-8-10(9-19)20-15(22)11-5-4-6-12(18)14(11)16(20)23/h4-6,10H,7-9,18H2,1-3H3. The van der Waals surface area contributed by atoms with E-state index in [1.807, 2.05) is 20.8 Å². The van der Waals surface area contributed by atoms with Gasteiger partial charge in [0, 0.05) is 25.2 Å². The van der Waals surface area contributed by atoms with Crippen molar-refractivity contribution in [3.8, 4) is 0 Å². The van der Waals surface area contributed by atoms with Crippen molar-refractivity contribution in [3.05, 3.63) is 29.3 Å². The predicted molar refractivity (Wildman–Crippen MR) is 85.8 cm³/mol. The van der Waals surface area contributed by atoms with E-state index in [2.05, 4.69) is 0 Å². The van der Waals surface area contributed by atoms with Crippen LogP contribution in [0.15, 0.2) is 18.2 Å². The summed E-state index contributed by atoms with van der Waals surface area (Å²) in [6, 6.07) is 4.65. The Morgan fingerprint density at radius 3 is 2.43 bits per heavy atom. The number of hydrogen-bond donors (Lipinski definition) is 1. The minimum Gasteiger partial charge on any atom is -0.398 e. The van der Waals surface area contributed by atoms with Gasteiger partial charge in [-0.15, -0.1) is 0 Å². The molecule has 0 saturated carbocycles. The molecule has 0 radical (unpaired) electrons. The number of likely N-dealkylation sites (tertiary alicyclic amines) is 1. The summed E-state index contributed by atoms with van der Waals surface area (Å²) in [6.07, 6.45) is 0.453. The summed E-state index contributed by atoms with van der Waals surface area (Å²) >= 11 is 0. The lowest BCUT2D eigenvalue weighted by atomic mass is 9.90. The van der Waals surface area contributed by atoms with E-state index in [1.165, 1.54) is 4.90 Å². The molecule has 6 nitrogen and oxygen atoms in total. The Morgan fingerprint density at radius 1 is 1.22 bits per heavy atom. The maximum atomic E-state index is 12.5.